The molecule has 0 bridgehead atoms. The van der Waals surface area contributed by atoms with E-state index in [0.717, 1.165) is 107 Å². The third kappa shape index (κ3) is 25.6. The quantitative estimate of drug-likeness (QED) is 0.0438. The summed E-state index contributed by atoms with van der Waals surface area (Å²) in [4.78, 5) is 37.9. The van der Waals surface area contributed by atoms with Crippen molar-refractivity contribution in [2.24, 2.45) is 15.2 Å². The Morgan fingerprint density at radius 3 is 1.77 bits per heavy atom. The fourth-order valence-corrected chi connectivity index (χ4v) is 16.2. The van der Waals surface area contributed by atoms with Crippen molar-refractivity contribution in [1.29, 1.82) is 0 Å². The normalized spacial score (nSPS) is 12.2. The summed E-state index contributed by atoms with van der Waals surface area (Å²) in [6.07, 6.45) is 4.73. The van der Waals surface area contributed by atoms with E-state index in [9.17, 15) is 31.1 Å². The van der Waals surface area contributed by atoms with Crippen LogP contribution >= 0.6 is 0 Å². The number of fused-ring (bicyclic) bond motifs is 9. The molecule has 0 spiro atoms. The van der Waals surface area contributed by atoms with Crippen LogP contribution in [0.1, 0.15) is 83.9 Å². The van der Waals surface area contributed by atoms with Gasteiger partial charge in [-0.05, 0) is 198 Å². The monoisotopic (exact) mass is 2740 g/mol. The van der Waals surface area contributed by atoms with Gasteiger partial charge in [-0.2, -0.15) is 48.6 Å². The van der Waals surface area contributed by atoms with E-state index in [2.05, 4.69) is 299 Å². The molecule has 13 nitrogen and oxygen atoms in total. The van der Waals surface area contributed by atoms with Crippen molar-refractivity contribution in [3.63, 3.8) is 0 Å². The first-order chi connectivity index (χ1) is 64.7. The number of rotatable bonds is 11. The average Bonchev–Trinajstić information content (AvgIpc) is 1.13. The number of aryl methyl sites for hydroxylation is 6. The van der Waals surface area contributed by atoms with E-state index in [4.69, 9.17) is 14.8 Å². The number of alkyl halides is 3. The van der Waals surface area contributed by atoms with Crippen molar-refractivity contribution in [2.45, 2.75) is 87.0 Å². The summed E-state index contributed by atoms with van der Waals surface area (Å²) in [6, 6.07) is 115. The summed E-state index contributed by atoms with van der Waals surface area (Å²) in [5.74, 6) is -1.84. The summed E-state index contributed by atoms with van der Waals surface area (Å²) in [7, 11) is 1.68. The van der Waals surface area contributed by atoms with Crippen molar-refractivity contribution in [3.05, 3.63) is 444 Å². The van der Waals surface area contributed by atoms with Gasteiger partial charge in [-0.1, -0.05) is 199 Å². The standard InChI is InChI=1S/C25H21N2O.C24H19N2.C22H16N.C19H15FN.C11H6F2N.C9H5F3N3.C5H8O2.5Ir/c1-19-9-11-21(12-10-19)27(22-13-15-24(28-2)16-14-22)23-7-5-6-20(18-23)25-8-3-4-17-26-25;1-15-11-12-21-20(13-15)18-9-4-5-10-19(18)24-25-14-22(26(21)24)23-16(2)7-6-8-17(23)3;1-16-6-4-8-18(14-16)19-9-5-10-20(15-19)22-21-11-3-2-7-17(21)12-13-23-22;1-11-7-8-13-16(17(11)20)19(2,3)14-6-4-5-12-9-10-21-18(13)15(12)14;12-8-4-5-9(10(13)7-8)11-3-1-2-6-14-11;10-9(11,12)8-13-7(14-15-8)6-4-2-1-3-5-6;1-4(6)3-5(2)7;;;;;/h3-5,7-18H,1-2H3;4-9,11-14H,1-3H3;2-9,11-15H,1H3;4-7,9-10H,1-3H3;1-4,6-7H;1-4,7H;3,6H,1-2H3;;;;;/q6*-1;;;;;;. The number of aromatic nitrogens is 6. The number of nitrogens with zero attached hydrogens (tertiary/aromatic N) is 10. The topological polar surface area (TPSA) is 156 Å². The summed E-state index contributed by atoms with van der Waals surface area (Å²) >= 11 is 0. The number of imidazole rings is 1. The van der Waals surface area contributed by atoms with Gasteiger partial charge in [0.1, 0.15) is 5.75 Å². The number of aliphatic hydroxyl groups is 1. The van der Waals surface area contributed by atoms with Crippen LogP contribution in [0.3, 0.4) is 0 Å². The largest absolute Gasteiger partial charge is 0.512 e. The summed E-state index contributed by atoms with van der Waals surface area (Å²) in [5, 5.41) is 22.9. The third-order valence-corrected chi connectivity index (χ3v) is 22.5. The molecule has 1 unspecified atom stereocenters. The molecule has 24 heteroatoms. The molecule has 1 aliphatic carbocycles. The molecule has 711 valence electrons. The number of ketones is 1. The number of halogens is 6. The zero-order chi connectivity index (χ0) is 94.3. The molecule has 0 amide bonds. The molecule has 5 radical (unpaired) electrons. The minimum atomic E-state index is -4.53. The molecule has 7 heterocycles. The van der Waals surface area contributed by atoms with Gasteiger partial charge in [-0.3, -0.25) is 18.6 Å². The number of allylic oxidation sites excluding steroid dienone is 2. The number of ether oxygens (including phenoxy) is 1. The molecule has 19 aromatic rings. The molecule has 0 saturated heterocycles. The van der Waals surface area contributed by atoms with E-state index in [1.165, 1.54) is 86.1 Å². The first kappa shape index (κ1) is 108. The Bertz CT molecular complexity index is 7550. The Balaban J connectivity index is 0.000000170. The predicted molar refractivity (Wildman–Crippen MR) is 524 cm³/mol. The Morgan fingerprint density at radius 2 is 1.12 bits per heavy atom. The van der Waals surface area contributed by atoms with Crippen molar-refractivity contribution in [2.75, 3.05) is 12.0 Å². The van der Waals surface area contributed by atoms with E-state index in [0.29, 0.717) is 22.4 Å². The fraction of sp³-hybridized carbons (Fsp3) is 0.122. The van der Waals surface area contributed by atoms with Crippen molar-refractivity contribution in [3.8, 4) is 73.2 Å². The number of amidine groups is 1. The maximum atomic E-state index is 14.8. The maximum absolute atomic E-state index is 14.8. The smallest absolute Gasteiger partial charge is 0.453 e. The van der Waals surface area contributed by atoms with Crippen LogP contribution in [0.15, 0.2) is 355 Å². The Kier molecular flexibility index (Phi) is 38.2. The molecule has 1 N–H and O–H groups in total. The van der Waals surface area contributed by atoms with Gasteiger partial charge in [0.15, 0.2) is 11.9 Å². The zero-order valence-electron chi connectivity index (χ0n) is 77.0. The number of hydrogen-bond donors (Lipinski definition) is 1. The summed E-state index contributed by atoms with van der Waals surface area (Å²) in [6.45, 7) is 19.5. The van der Waals surface area contributed by atoms with Crippen LogP contribution in [0.4, 0.5) is 43.4 Å². The van der Waals surface area contributed by atoms with Crippen LogP contribution in [0.25, 0.3) is 116 Å². The molecule has 0 saturated carbocycles. The van der Waals surface area contributed by atoms with Crippen LogP contribution in [0.5, 0.6) is 5.75 Å². The van der Waals surface area contributed by atoms with E-state index in [1.54, 1.807) is 81.2 Å². The molecular weight excluding hydrogens is 2640 g/mol. The SMILES string of the molecule is CC(=O)C=C(C)O.COc1ccc(N(c2ccc(C)cc2)c2cc[c-]c(-c3ccccn3)c2)cc1.Cc1c[c-]c2c(c1F)C(C)(C)c1cccc3ccnc-2c13.Cc1ccc2c(c1)c1ccc[c-]c1c1ncc(-c3c(C)cccc3C)n21.Cc1cccc(-c2cc[c-]c(-c3nccc4ccccc34)c2)c1.FC(F)(F)C1=NC(c2[c-]cccc2)N=N1.Fc1c[c-]c(-c2ccccn2)c(F)c1.[Ir].[Ir].[Ir].[Ir].[Ir]. The van der Waals surface area contributed by atoms with Gasteiger partial charge in [0.25, 0.3) is 5.84 Å². The minimum absolute atomic E-state index is 0. The van der Waals surface area contributed by atoms with E-state index in [1.807, 2.05) is 79.1 Å². The molecular formula is C115H90F6Ir5N10O3-6. The van der Waals surface area contributed by atoms with Crippen LogP contribution in [0.2, 0.25) is 0 Å². The number of hydrogen-bond acceptors (Lipinski definition) is 12. The van der Waals surface area contributed by atoms with E-state index < -0.39 is 35.2 Å². The molecule has 2 aliphatic rings. The number of anilines is 3. The second-order valence-corrected chi connectivity index (χ2v) is 32.6. The van der Waals surface area contributed by atoms with Gasteiger partial charge in [-0.25, -0.2) is 9.38 Å². The number of methoxy groups -OCH3 is 1. The van der Waals surface area contributed by atoms with Crippen LogP contribution < -0.4 is 9.64 Å². The molecule has 1 aliphatic heterocycles. The molecule has 1 atom stereocenters. The second kappa shape index (κ2) is 49.1. The van der Waals surface area contributed by atoms with Gasteiger partial charge in [0, 0.05) is 177 Å². The number of carbonyl (C=O) groups is 1. The van der Waals surface area contributed by atoms with Crippen LogP contribution in [-0.2, 0) is 111 Å². The molecule has 21 rings (SSSR count). The Labute approximate surface area is 872 Å². The van der Waals surface area contributed by atoms with Gasteiger partial charge in [0.05, 0.1) is 24.2 Å². The van der Waals surface area contributed by atoms with Crippen LogP contribution in [-0.4, -0.2) is 59.3 Å². The zero-order valence-corrected chi connectivity index (χ0v) is 89.0. The second-order valence-electron chi connectivity index (χ2n) is 32.6. The molecule has 0 fully saturated rings. The third-order valence-electron chi connectivity index (χ3n) is 22.5. The number of pyridine rings is 5. The fourth-order valence-electron chi connectivity index (χ4n) is 16.2. The number of azo groups is 1. The number of aliphatic imine (C=N–C) groups is 1. The number of benzene rings is 13. The maximum Gasteiger partial charge on any atom is 0.453 e. The summed E-state index contributed by atoms with van der Waals surface area (Å²) < 4.78 is 84.7. The van der Waals surface area contributed by atoms with E-state index in [-0.39, 0.29) is 123 Å². The number of carbonyl (C=O) groups excluding carboxylic acids is 1. The molecule has 13 aromatic carbocycles. The molecule has 6 aromatic heterocycles. The minimum Gasteiger partial charge on any atom is -0.512 e. The first-order valence-electron chi connectivity index (χ1n) is 43.1. The van der Waals surface area contributed by atoms with Gasteiger partial charge >= 0.3 is 6.18 Å². The average molecular weight is 2740 g/mol. The Morgan fingerprint density at radius 1 is 0.504 bits per heavy atom. The van der Waals surface area contributed by atoms with Gasteiger partial charge in [-0.15, -0.1) is 135 Å². The number of aliphatic hydroxyl groups excluding tert-OH is 1. The predicted octanol–water partition coefficient (Wildman–Crippen LogP) is 29.6. The van der Waals surface area contributed by atoms with Crippen molar-refractivity contribution < 1.29 is 142 Å². The van der Waals surface area contributed by atoms with Gasteiger partial charge in [0.2, 0.25) is 0 Å². The first-order valence-corrected chi connectivity index (χ1v) is 43.1. The van der Waals surface area contributed by atoms with Crippen LogP contribution in [0, 0.1) is 95.4 Å². The molecule has 139 heavy (non-hydrogen) atoms. The van der Waals surface area contributed by atoms with E-state index >= 15 is 0 Å². The summed E-state index contributed by atoms with van der Waals surface area (Å²) in [5.41, 5.74) is 25.2. The van der Waals surface area contributed by atoms with Crippen molar-refractivity contribution in [1.82, 2.24) is 29.3 Å². The Hall–Kier alpha value is -12.9. The van der Waals surface area contributed by atoms with Gasteiger partial charge < -0.3 is 39.1 Å². The van der Waals surface area contributed by atoms with Crippen molar-refractivity contribution >= 4 is 77.5 Å².